The molecule has 0 radical (unpaired) electrons. The number of hydrogen-bond acceptors (Lipinski definition) is 11. The molecule has 13 nitrogen and oxygen atoms in total. The highest BCUT2D eigenvalue weighted by Crippen LogP contribution is 2.31. The van der Waals surface area contributed by atoms with Gasteiger partial charge in [-0.2, -0.15) is 0 Å². The van der Waals surface area contributed by atoms with Crippen molar-refractivity contribution in [2.75, 3.05) is 13.7 Å². The first kappa shape index (κ1) is 41.3. The Balaban J connectivity index is 0.000000214. The molecule has 16 heteroatoms. The lowest BCUT2D eigenvalue weighted by Crippen LogP contribution is -2.28. The second-order valence-electron chi connectivity index (χ2n) is 14.0. The van der Waals surface area contributed by atoms with Gasteiger partial charge in [-0.05, 0) is 53.7 Å². The van der Waals surface area contributed by atoms with Gasteiger partial charge in [0.1, 0.15) is 28.1 Å². The number of fused-ring (bicyclic) bond motifs is 2. The number of nitrogens with zero attached hydrogens (tertiary/aromatic N) is 6. The molecule has 6 aromatic rings. The highest BCUT2D eigenvalue weighted by Gasteiger charge is 2.26. The number of esters is 1. The Kier molecular flexibility index (Phi) is 13.0. The van der Waals surface area contributed by atoms with Crippen LogP contribution >= 0.6 is 39.1 Å². The Bertz CT molecular complexity index is 2340. The van der Waals surface area contributed by atoms with E-state index in [4.69, 9.17) is 37.4 Å². The van der Waals surface area contributed by atoms with Gasteiger partial charge in [0.15, 0.2) is 22.9 Å². The zero-order valence-corrected chi connectivity index (χ0v) is 34.3. The van der Waals surface area contributed by atoms with Crippen LogP contribution in [0.1, 0.15) is 52.9 Å². The number of rotatable bonds is 7. The Hall–Kier alpha value is -4.89. The maximum absolute atomic E-state index is 13.0. The predicted octanol–water partition coefficient (Wildman–Crippen LogP) is 9.65. The molecule has 0 aliphatic carbocycles. The van der Waals surface area contributed by atoms with E-state index in [1.165, 1.54) is 16.2 Å². The minimum atomic E-state index is -0.725. The van der Waals surface area contributed by atoms with Gasteiger partial charge in [0.05, 0.1) is 30.2 Å². The van der Waals surface area contributed by atoms with Gasteiger partial charge < -0.3 is 18.9 Å². The average molecular weight is 855 g/mol. The molecule has 0 fully saturated rings. The second-order valence-corrected chi connectivity index (χ2v) is 15.3. The number of hydrogen-bond donors (Lipinski definition) is 0. The van der Waals surface area contributed by atoms with Gasteiger partial charge in [-0.15, -0.1) is 0 Å². The Morgan fingerprint density at radius 3 is 1.49 bits per heavy atom. The molecule has 55 heavy (non-hydrogen) atoms. The molecule has 0 aliphatic rings. The van der Waals surface area contributed by atoms with Crippen LogP contribution in [0.3, 0.4) is 0 Å². The van der Waals surface area contributed by atoms with Gasteiger partial charge in [-0.25, -0.2) is 43.5 Å². The van der Waals surface area contributed by atoms with Crippen LogP contribution in [0.2, 0.25) is 10.3 Å². The van der Waals surface area contributed by atoms with E-state index in [2.05, 4.69) is 40.6 Å². The maximum Gasteiger partial charge on any atom is 0.420 e. The largest absolute Gasteiger partial charge is 0.467 e. The van der Waals surface area contributed by atoms with Gasteiger partial charge in [-0.1, -0.05) is 99.8 Å². The number of methoxy groups -OCH3 is 1. The van der Waals surface area contributed by atoms with Crippen LogP contribution < -0.4 is 0 Å². The monoisotopic (exact) mass is 852 g/mol. The smallest absolute Gasteiger partial charge is 0.420 e. The molecular formula is C39H39BrCl2N6O7. The van der Waals surface area contributed by atoms with Crippen LogP contribution in [0.15, 0.2) is 72.8 Å². The van der Waals surface area contributed by atoms with Crippen LogP contribution in [-0.2, 0) is 35.7 Å². The van der Waals surface area contributed by atoms with Gasteiger partial charge >= 0.3 is 18.2 Å². The number of carbonyl (C=O) groups excluding carboxylic acids is 3. The summed E-state index contributed by atoms with van der Waals surface area (Å²) < 4.78 is 23.7. The number of alkyl halides is 1. The van der Waals surface area contributed by atoms with Crippen molar-refractivity contribution in [3.05, 3.63) is 94.5 Å². The summed E-state index contributed by atoms with van der Waals surface area (Å²) in [4.78, 5) is 54.8. The first-order valence-corrected chi connectivity index (χ1v) is 18.8. The molecule has 0 spiro atoms. The lowest BCUT2D eigenvalue weighted by atomic mass is 10.2. The summed E-state index contributed by atoms with van der Waals surface area (Å²) in [6.07, 6.45) is -1.13. The zero-order chi connectivity index (χ0) is 40.1. The molecule has 4 heterocycles. The first-order valence-electron chi connectivity index (χ1n) is 16.9. The number of benzene rings is 2. The average Bonchev–Trinajstić information content (AvgIpc) is 3.70. The van der Waals surface area contributed by atoms with Gasteiger partial charge in [0.2, 0.25) is 0 Å². The van der Waals surface area contributed by atoms with Crippen LogP contribution in [-0.4, -0.2) is 72.1 Å². The van der Waals surface area contributed by atoms with E-state index in [-0.39, 0.29) is 18.4 Å². The summed E-state index contributed by atoms with van der Waals surface area (Å²) >= 11 is 16.2. The summed E-state index contributed by atoms with van der Waals surface area (Å²) in [6.45, 7) is 10.4. The Morgan fingerprint density at radius 2 is 1.09 bits per heavy atom. The SMILES string of the molecule is CC(C)(C)OC(=O)n1c(CBr)cc2c(Cl)nc(-c3ccccc3)nc21.COC(=O)COCc1cc2c(Cl)nc(-c3ccccc3)nc2n1C(=O)OC(C)(C)C. The van der Waals surface area contributed by atoms with Gasteiger partial charge in [-0.3, -0.25) is 0 Å². The normalized spacial score (nSPS) is 11.6. The molecule has 6 rings (SSSR count). The second kappa shape index (κ2) is 17.3. The lowest BCUT2D eigenvalue weighted by molar-refractivity contribution is -0.146. The molecule has 0 amide bonds. The predicted molar refractivity (Wildman–Crippen MR) is 214 cm³/mol. The molecule has 0 N–H and O–H groups in total. The van der Waals surface area contributed by atoms with Crippen molar-refractivity contribution >= 4 is 79.4 Å². The molecule has 0 saturated heterocycles. The van der Waals surface area contributed by atoms with E-state index in [0.717, 1.165) is 11.1 Å². The number of aromatic nitrogens is 6. The highest BCUT2D eigenvalue weighted by atomic mass is 79.9. The molecular weight excluding hydrogens is 815 g/mol. The van der Waals surface area contributed by atoms with Crippen molar-refractivity contribution in [2.45, 2.75) is 64.7 Å². The summed E-state index contributed by atoms with van der Waals surface area (Å²) in [5.41, 5.74) is 2.08. The van der Waals surface area contributed by atoms with Crippen LogP contribution in [0.25, 0.3) is 44.8 Å². The molecule has 2 aromatic carbocycles. The molecule has 4 aromatic heterocycles. The zero-order valence-electron chi connectivity index (χ0n) is 31.2. The van der Waals surface area contributed by atoms with Crippen molar-refractivity contribution < 1.29 is 33.3 Å². The van der Waals surface area contributed by atoms with Crippen molar-refractivity contribution in [3.8, 4) is 22.8 Å². The van der Waals surface area contributed by atoms with E-state index in [1.54, 1.807) is 32.9 Å². The van der Waals surface area contributed by atoms with E-state index in [1.807, 2.05) is 81.4 Å². The van der Waals surface area contributed by atoms with Crippen LogP contribution in [0, 0.1) is 0 Å². The molecule has 0 saturated carbocycles. The van der Waals surface area contributed by atoms with E-state index < -0.39 is 29.4 Å². The number of carbonyl (C=O) groups is 3. The fraction of sp³-hybridized carbons (Fsp3) is 0.308. The fourth-order valence-corrected chi connectivity index (χ4v) is 5.99. The minimum Gasteiger partial charge on any atom is -0.467 e. The van der Waals surface area contributed by atoms with E-state index >= 15 is 0 Å². The standard InChI is InChI=1S/C21H22ClN3O5.C18H17BrClN3O2/c1-21(2,3)30-20(27)25-14(11-29-12-16(26)28-4)10-15-17(22)23-18(24-19(15)25)13-8-6-5-7-9-13;1-18(2,3)25-17(24)23-12(10-19)9-13-14(20)21-15(22-16(13)23)11-7-5-4-6-8-11/h5-10H,11-12H2,1-4H3;4-9H,10H2,1-3H3. The molecule has 0 unspecified atom stereocenters. The van der Waals surface area contributed by atoms with Crippen LogP contribution in [0.4, 0.5) is 9.59 Å². The summed E-state index contributed by atoms with van der Waals surface area (Å²) in [5, 5.41) is 2.03. The molecule has 0 aliphatic heterocycles. The van der Waals surface area contributed by atoms with Crippen molar-refractivity contribution in [1.82, 2.24) is 29.1 Å². The summed E-state index contributed by atoms with van der Waals surface area (Å²) in [5.74, 6) is 0.305. The third-order valence-corrected chi connectivity index (χ3v) is 8.58. The van der Waals surface area contributed by atoms with E-state index in [0.29, 0.717) is 55.6 Å². The molecule has 0 atom stereocenters. The maximum atomic E-state index is 13.0. The van der Waals surface area contributed by atoms with Crippen LogP contribution in [0.5, 0.6) is 0 Å². The third kappa shape index (κ3) is 10.3. The molecule has 288 valence electrons. The lowest BCUT2D eigenvalue weighted by Gasteiger charge is -2.20. The number of ether oxygens (including phenoxy) is 4. The quantitative estimate of drug-likeness (QED) is 0.0654. The van der Waals surface area contributed by atoms with E-state index in [9.17, 15) is 14.4 Å². The van der Waals surface area contributed by atoms with Crippen molar-refractivity contribution in [3.63, 3.8) is 0 Å². The summed E-state index contributed by atoms with van der Waals surface area (Å²) in [7, 11) is 1.27. The Morgan fingerprint density at radius 1 is 0.673 bits per heavy atom. The van der Waals surface area contributed by atoms with Crippen molar-refractivity contribution in [1.29, 1.82) is 0 Å². The highest BCUT2D eigenvalue weighted by molar-refractivity contribution is 9.08. The topological polar surface area (TPSA) is 150 Å². The minimum absolute atomic E-state index is 0.0539. The number of halogens is 3. The third-order valence-electron chi connectivity index (χ3n) is 7.43. The van der Waals surface area contributed by atoms with Gasteiger partial charge in [0.25, 0.3) is 0 Å². The van der Waals surface area contributed by atoms with Gasteiger partial charge in [0, 0.05) is 22.2 Å². The molecule has 0 bridgehead atoms. The van der Waals surface area contributed by atoms with Crippen molar-refractivity contribution in [2.24, 2.45) is 0 Å². The fourth-order valence-electron chi connectivity index (χ4n) is 5.14. The first-order chi connectivity index (χ1) is 26.0. The summed E-state index contributed by atoms with van der Waals surface area (Å²) in [6, 6.07) is 22.2. The Labute approximate surface area is 336 Å².